The highest BCUT2D eigenvalue weighted by Gasteiger charge is 2.20. The summed E-state index contributed by atoms with van der Waals surface area (Å²) in [6.45, 7) is 3.72. The topological polar surface area (TPSA) is 250 Å². The Hall–Kier alpha value is -5.43. The zero-order valence-corrected chi connectivity index (χ0v) is 49.0. The van der Waals surface area contributed by atoms with Gasteiger partial charge >= 0.3 is 35.8 Å². The molecule has 0 fully saturated rings. The zero-order chi connectivity index (χ0) is 58.9. The third kappa shape index (κ3) is 54.5. The number of nitrogens with zero attached hydrogens (tertiary/aromatic N) is 3. The first-order valence-electron chi connectivity index (χ1n) is 29.9. The fourth-order valence-electron chi connectivity index (χ4n) is 8.40. The number of carboxylic acids is 4. The molecule has 5 N–H and O–H groups in total. The number of rotatable bonds is 57. The van der Waals surface area contributed by atoms with Gasteiger partial charge in [0, 0.05) is 52.2 Å². The number of carbonyl (C=O) groups is 7. The third-order valence-corrected chi connectivity index (χ3v) is 12.6. The molecule has 0 rings (SSSR count). The van der Waals surface area contributed by atoms with E-state index >= 15 is 0 Å². The van der Waals surface area contributed by atoms with Crippen molar-refractivity contribution in [2.24, 2.45) is 0 Å². The molecule has 0 heterocycles. The summed E-state index contributed by atoms with van der Waals surface area (Å²) in [5.74, 6) is -5.63. The van der Waals surface area contributed by atoms with Crippen molar-refractivity contribution in [1.82, 2.24) is 20.0 Å². The Bertz CT molecular complexity index is 1800. The summed E-state index contributed by atoms with van der Waals surface area (Å²) < 4.78 is 17.3. The largest absolute Gasteiger partial charge is 0.480 e. The van der Waals surface area contributed by atoms with Gasteiger partial charge in [0.1, 0.15) is 6.61 Å². The number of unbranched alkanes of at least 4 members (excludes halogenated alkanes) is 15. The Labute approximate surface area is 479 Å². The molecule has 456 valence electrons. The van der Waals surface area contributed by atoms with Crippen molar-refractivity contribution in [1.29, 1.82) is 0 Å². The van der Waals surface area contributed by atoms with Crippen LogP contribution in [-0.4, -0.2) is 168 Å². The molecule has 0 saturated heterocycles. The normalized spacial score (nSPS) is 12.5. The van der Waals surface area contributed by atoms with Crippen molar-refractivity contribution in [3.05, 3.63) is 72.9 Å². The Balaban J connectivity index is 4.73. The van der Waals surface area contributed by atoms with Gasteiger partial charge in [-0.1, -0.05) is 151 Å². The molecule has 0 radical (unpaired) electrons. The van der Waals surface area contributed by atoms with Crippen molar-refractivity contribution < 1.29 is 68.2 Å². The average molecular weight is 1130 g/mol. The van der Waals surface area contributed by atoms with E-state index < -0.39 is 49.6 Å². The summed E-state index contributed by atoms with van der Waals surface area (Å²) in [4.78, 5) is 87.8. The SMILES string of the molecule is CC/C=C/C/C=C/C/C=C/CCCCCCCC(=O)OCC(COCCCCCCCCNC(=O)CN(CCCN(CCN(CC(=O)O)CC(=O)O)CC(=O)O)CC(=O)O)OC(=O)CCCCCCC/C=C/C/C=C/C/C=C/CC. The minimum Gasteiger partial charge on any atom is -0.480 e. The van der Waals surface area contributed by atoms with E-state index in [4.69, 9.17) is 24.4 Å². The number of hydrogen-bond donors (Lipinski definition) is 5. The van der Waals surface area contributed by atoms with E-state index in [-0.39, 0.29) is 70.3 Å². The molecular weight excluding hydrogens is 1020 g/mol. The Kier molecular flexibility index (Phi) is 51.7. The highest BCUT2D eigenvalue weighted by Crippen LogP contribution is 2.13. The number of carboxylic acid groups (broad SMARTS) is 4. The van der Waals surface area contributed by atoms with Crippen LogP contribution in [0.25, 0.3) is 0 Å². The van der Waals surface area contributed by atoms with Crippen LogP contribution in [0, 0.1) is 0 Å². The maximum atomic E-state index is 12.9. The van der Waals surface area contributed by atoms with Crippen LogP contribution in [0.15, 0.2) is 72.9 Å². The summed E-state index contributed by atoms with van der Waals surface area (Å²) in [7, 11) is 0. The first kappa shape index (κ1) is 74.6. The van der Waals surface area contributed by atoms with E-state index in [1.165, 1.54) is 14.7 Å². The van der Waals surface area contributed by atoms with E-state index in [9.17, 15) is 43.8 Å². The van der Waals surface area contributed by atoms with E-state index in [0.29, 0.717) is 32.4 Å². The lowest BCUT2D eigenvalue weighted by Gasteiger charge is -2.26. The van der Waals surface area contributed by atoms with Gasteiger partial charge < -0.3 is 40.0 Å². The Morgan fingerprint density at radius 3 is 1.32 bits per heavy atom. The number of aliphatic carboxylic acids is 4. The number of esters is 2. The molecule has 18 nitrogen and oxygen atoms in total. The highest BCUT2D eigenvalue weighted by atomic mass is 16.6. The minimum atomic E-state index is -1.22. The number of carbonyl (C=O) groups excluding carboxylic acids is 3. The van der Waals surface area contributed by atoms with Gasteiger partial charge in [-0.25, -0.2) is 0 Å². The van der Waals surface area contributed by atoms with Gasteiger partial charge in [0.15, 0.2) is 6.10 Å². The van der Waals surface area contributed by atoms with Crippen LogP contribution in [0.1, 0.15) is 187 Å². The van der Waals surface area contributed by atoms with E-state index in [2.05, 4.69) is 92.1 Å². The van der Waals surface area contributed by atoms with Gasteiger partial charge in [-0.15, -0.1) is 0 Å². The predicted octanol–water partition coefficient (Wildman–Crippen LogP) is 10.7. The van der Waals surface area contributed by atoms with Crippen LogP contribution in [0.5, 0.6) is 0 Å². The lowest BCUT2D eigenvalue weighted by atomic mass is 10.1. The van der Waals surface area contributed by atoms with Crippen LogP contribution in [-0.2, 0) is 47.8 Å². The van der Waals surface area contributed by atoms with Crippen LogP contribution >= 0.6 is 0 Å². The van der Waals surface area contributed by atoms with Gasteiger partial charge in [-0.3, -0.25) is 48.3 Å². The van der Waals surface area contributed by atoms with E-state index in [1.807, 2.05) is 0 Å². The molecule has 80 heavy (non-hydrogen) atoms. The first-order valence-corrected chi connectivity index (χ1v) is 29.9. The highest BCUT2D eigenvalue weighted by molar-refractivity contribution is 5.79. The predicted molar refractivity (Wildman–Crippen MR) is 315 cm³/mol. The van der Waals surface area contributed by atoms with Crippen molar-refractivity contribution in [2.75, 3.05) is 85.3 Å². The molecule has 0 aromatic rings. The fraction of sp³-hybridized carbons (Fsp3) is 0.694. The standard InChI is InChI=1S/C62H104N4O14/c1-3-5-7-9-11-13-15-17-19-21-23-25-27-31-35-40-61(76)79-54-55(80-62(77)41-36-32-28-26-24-22-20-18-16-14-12-10-8-6-4-2)53-78-47-38-34-30-29-33-37-42-63-56(67)48-65(50-58(70)71)44-39-43-64(49-57(68)69)45-46-66(51-59(72)73)52-60(74)75/h5-8,11-14,17-20,55H,3-4,9-10,15-16,21-54H2,1-2H3,(H,63,67)(H,68,69)(H,70,71)(H,72,73)(H,74,75)/b7-5+,8-6+,13-11+,14-12+,19-17+,20-18+. The van der Waals surface area contributed by atoms with Crippen LogP contribution in [0.2, 0.25) is 0 Å². The second-order valence-corrected chi connectivity index (χ2v) is 20.2. The second-order valence-electron chi connectivity index (χ2n) is 20.2. The van der Waals surface area contributed by atoms with Crippen molar-refractivity contribution >= 4 is 41.7 Å². The summed E-state index contributed by atoms with van der Waals surface area (Å²) in [5.41, 5.74) is 0. The van der Waals surface area contributed by atoms with Crippen molar-refractivity contribution in [3.8, 4) is 0 Å². The maximum absolute atomic E-state index is 12.9. The number of ether oxygens (including phenoxy) is 3. The van der Waals surface area contributed by atoms with Crippen LogP contribution in [0.3, 0.4) is 0 Å². The zero-order valence-electron chi connectivity index (χ0n) is 49.0. The average Bonchev–Trinajstić information content (AvgIpc) is 3.40. The maximum Gasteiger partial charge on any atom is 0.317 e. The van der Waals surface area contributed by atoms with Gasteiger partial charge in [0.25, 0.3) is 0 Å². The summed E-state index contributed by atoms with van der Waals surface area (Å²) >= 11 is 0. The summed E-state index contributed by atoms with van der Waals surface area (Å²) in [5, 5.41) is 39.8. The molecule has 1 unspecified atom stereocenters. The molecule has 0 aliphatic carbocycles. The van der Waals surface area contributed by atoms with Crippen LogP contribution < -0.4 is 5.32 Å². The molecule has 18 heteroatoms. The van der Waals surface area contributed by atoms with Gasteiger partial charge in [0.05, 0.1) is 39.3 Å². The quantitative estimate of drug-likeness (QED) is 0.0216. The molecule has 0 aliphatic rings. The fourth-order valence-corrected chi connectivity index (χ4v) is 8.40. The first-order chi connectivity index (χ1) is 38.7. The lowest BCUT2D eigenvalue weighted by Crippen LogP contribution is -2.43. The summed E-state index contributed by atoms with van der Waals surface area (Å²) in [6, 6.07) is 0. The Morgan fingerprint density at radius 2 is 0.812 bits per heavy atom. The Morgan fingerprint density at radius 1 is 0.412 bits per heavy atom. The van der Waals surface area contributed by atoms with Gasteiger partial charge in [0.2, 0.25) is 5.91 Å². The molecule has 0 bridgehead atoms. The minimum absolute atomic E-state index is 0.00277. The molecule has 1 atom stereocenters. The molecule has 0 spiro atoms. The smallest absolute Gasteiger partial charge is 0.317 e. The molecular formula is C62H104N4O14. The number of allylic oxidation sites excluding steroid dienone is 12. The third-order valence-electron chi connectivity index (χ3n) is 12.6. The monoisotopic (exact) mass is 1130 g/mol. The lowest BCUT2D eigenvalue weighted by molar-refractivity contribution is -0.163. The molecule has 0 aliphatic heterocycles. The van der Waals surface area contributed by atoms with Gasteiger partial charge in [-0.2, -0.15) is 0 Å². The molecule has 0 saturated carbocycles. The van der Waals surface area contributed by atoms with Crippen molar-refractivity contribution in [3.63, 3.8) is 0 Å². The van der Waals surface area contributed by atoms with Gasteiger partial charge in [-0.05, 0) is 96.3 Å². The van der Waals surface area contributed by atoms with E-state index in [1.54, 1.807) is 0 Å². The number of hydrogen-bond acceptors (Lipinski definition) is 13. The molecule has 0 aromatic carbocycles. The molecule has 1 amide bonds. The molecule has 0 aromatic heterocycles. The number of nitrogens with one attached hydrogen (secondary N) is 1. The van der Waals surface area contributed by atoms with Crippen molar-refractivity contribution in [2.45, 2.75) is 193 Å². The van der Waals surface area contributed by atoms with Crippen LogP contribution in [0.4, 0.5) is 0 Å². The summed E-state index contributed by atoms with van der Waals surface area (Å²) in [6.07, 6.45) is 50.0. The number of amides is 1. The second kappa shape index (κ2) is 55.5. The van der Waals surface area contributed by atoms with E-state index in [0.717, 1.165) is 154 Å².